The first-order valence-corrected chi connectivity index (χ1v) is 6.70. The Morgan fingerprint density at radius 2 is 1.95 bits per heavy atom. The molecule has 1 amide bonds. The van der Waals surface area contributed by atoms with E-state index in [-0.39, 0.29) is 5.13 Å². The summed E-state index contributed by atoms with van der Waals surface area (Å²) in [5.41, 5.74) is 0.981. The van der Waals surface area contributed by atoms with E-state index in [9.17, 15) is 18.0 Å². The summed E-state index contributed by atoms with van der Waals surface area (Å²) >= 11 is 12.5. The predicted octanol–water partition coefficient (Wildman–Crippen LogP) is 4.62. The van der Waals surface area contributed by atoms with E-state index < -0.39 is 12.1 Å². The third-order valence-electron chi connectivity index (χ3n) is 2.20. The number of carbonyl (C=O) groups excluding carboxylic acids is 1. The molecule has 3 nitrogen and oxygen atoms in total. The molecule has 0 aliphatic rings. The van der Waals surface area contributed by atoms with Crippen LogP contribution in [0.3, 0.4) is 0 Å². The van der Waals surface area contributed by atoms with Gasteiger partial charge in [-0.3, -0.25) is 10.1 Å². The first kappa shape index (κ1) is 15.1. The maximum absolute atomic E-state index is 12.1. The van der Waals surface area contributed by atoms with Crippen LogP contribution in [0.15, 0.2) is 23.6 Å². The van der Waals surface area contributed by atoms with E-state index in [1.165, 1.54) is 11.4 Å². The first-order chi connectivity index (χ1) is 9.27. The molecule has 2 rings (SSSR count). The topological polar surface area (TPSA) is 42.0 Å². The van der Waals surface area contributed by atoms with Crippen LogP contribution in [-0.2, 0) is 4.79 Å². The molecule has 1 aromatic carbocycles. The second kappa shape index (κ2) is 5.59. The maximum Gasteiger partial charge on any atom is 0.471 e. The Hall–Kier alpha value is -1.31. The number of aromatic nitrogens is 1. The third-order valence-corrected chi connectivity index (χ3v) is 3.69. The SMILES string of the molecule is O=C(Nc1nc(-c2ccc(Cl)c(Cl)c2)cs1)C(F)(F)F. The molecule has 0 saturated carbocycles. The molecule has 0 fully saturated rings. The summed E-state index contributed by atoms with van der Waals surface area (Å²) in [6, 6.07) is 4.71. The number of nitrogens with one attached hydrogen (secondary N) is 1. The van der Waals surface area contributed by atoms with Crippen LogP contribution in [-0.4, -0.2) is 17.1 Å². The molecule has 2 aromatic rings. The molecule has 0 radical (unpaired) electrons. The first-order valence-electron chi connectivity index (χ1n) is 5.06. The third kappa shape index (κ3) is 3.41. The van der Waals surface area contributed by atoms with Gasteiger partial charge in [-0.1, -0.05) is 29.3 Å². The standard InChI is InChI=1S/C11H5Cl2F3N2OS/c12-6-2-1-5(3-7(6)13)8-4-20-10(17-8)18-9(19)11(14,15)16/h1-4H,(H,17,18,19). The Bertz CT molecular complexity index is 657. The van der Waals surface area contributed by atoms with E-state index in [0.29, 0.717) is 21.3 Å². The van der Waals surface area contributed by atoms with E-state index in [1.54, 1.807) is 17.4 Å². The van der Waals surface area contributed by atoms with Crippen molar-refractivity contribution in [3.63, 3.8) is 0 Å². The average molecular weight is 341 g/mol. The lowest BCUT2D eigenvalue weighted by Gasteiger charge is -2.04. The van der Waals surface area contributed by atoms with E-state index in [2.05, 4.69) is 4.98 Å². The Labute approximate surface area is 125 Å². The van der Waals surface area contributed by atoms with Gasteiger partial charge in [0.2, 0.25) is 0 Å². The molecule has 0 atom stereocenters. The van der Waals surface area contributed by atoms with Gasteiger partial charge in [-0.25, -0.2) is 4.98 Å². The number of amides is 1. The second-order valence-electron chi connectivity index (χ2n) is 3.62. The van der Waals surface area contributed by atoms with E-state index in [0.717, 1.165) is 11.3 Å². The highest BCUT2D eigenvalue weighted by atomic mass is 35.5. The average Bonchev–Trinajstić information content (AvgIpc) is 2.80. The zero-order valence-corrected chi connectivity index (χ0v) is 11.8. The van der Waals surface area contributed by atoms with Gasteiger partial charge in [-0.15, -0.1) is 11.3 Å². The molecule has 1 heterocycles. The van der Waals surface area contributed by atoms with Crippen molar-refractivity contribution in [3.8, 4) is 11.3 Å². The van der Waals surface area contributed by atoms with Crippen molar-refractivity contribution < 1.29 is 18.0 Å². The Morgan fingerprint density at radius 1 is 1.25 bits per heavy atom. The minimum atomic E-state index is -4.95. The lowest BCUT2D eigenvalue weighted by Crippen LogP contribution is -2.29. The Kier molecular flexibility index (Phi) is 4.22. The fourth-order valence-electron chi connectivity index (χ4n) is 1.29. The number of alkyl halides is 3. The van der Waals surface area contributed by atoms with Gasteiger partial charge >= 0.3 is 12.1 Å². The minimum absolute atomic E-state index is 0.145. The molecule has 0 spiro atoms. The molecular formula is C11H5Cl2F3N2OS. The number of thiazole rings is 1. The fraction of sp³-hybridized carbons (Fsp3) is 0.0909. The zero-order chi connectivity index (χ0) is 14.9. The second-order valence-corrected chi connectivity index (χ2v) is 5.29. The molecule has 1 aromatic heterocycles. The van der Waals surface area contributed by atoms with Gasteiger partial charge in [0.1, 0.15) is 0 Å². The van der Waals surface area contributed by atoms with Crippen LogP contribution in [0.2, 0.25) is 10.0 Å². The molecule has 0 aliphatic heterocycles. The van der Waals surface area contributed by atoms with Crippen molar-refractivity contribution >= 4 is 45.6 Å². The van der Waals surface area contributed by atoms with Crippen LogP contribution in [0.4, 0.5) is 18.3 Å². The molecular weight excluding hydrogens is 336 g/mol. The normalized spacial score (nSPS) is 11.4. The number of anilines is 1. The summed E-state index contributed by atoms with van der Waals surface area (Å²) in [5.74, 6) is -2.06. The van der Waals surface area contributed by atoms with Gasteiger partial charge < -0.3 is 0 Å². The van der Waals surface area contributed by atoms with Crippen molar-refractivity contribution in [2.45, 2.75) is 6.18 Å². The zero-order valence-electron chi connectivity index (χ0n) is 9.46. The van der Waals surface area contributed by atoms with Gasteiger partial charge in [0, 0.05) is 10.9 Å². The highest BCUT2D eigenvalue weighted by Crippen LogP contribution is 2.30. The van der Waals surface area contributed by atoms with E-state index in [4.69, 9.17) is 23.2 Å². The monoisotopic (exact) mass is 340 g/mol. The summed E-state index contributed by atoms with van der Waals surface area (Å²) in [6.07, 6.45) is -4.95. The van der Waals surface area contributed by atoms with Gasteiger partial charge in [-0.2, -0.15) is 13.2 Å². The number of benzene rings is 1. The number of nitrogens with zero attached hydrogens (tertiary/aromatic N) is 1. The fourth-order valence-corrected chi connectivity index (χ4v) is 2.30. The number of rotatable bonds is 2. The lowest BCUT2D eigenvalue weighted by molar-refractivity contribution is -0.167. The van der Waals surface area contributed by atoms with Crippen LogP contribution in [0.5, 0.6) is 0 Å². The van der Waals surface area contributed by atoms with Crippen molar-refractivity contribution in [1.82, 2.24) is 4.98 Å². The van der Waals surface area contributed by atoms with Crippen molar-refractivity contribution in [1.29, 1.82) is 0 Å². The van der Waals surface area contributed by atoms with Crippen LogP contribution in [0, 0.1) is 0 Å². The number of hydrogen-bond acceptors (Lipinski definition) is 3. The largest absolute Gasteiger partial charge is 0.471 e. The lowest BCUT2D eigenvalue weighted by atomic mass is 10.2. The Morgan fingerprint density at radius 3 is 2.55 bits per heavy atom. The van der Waals surface area contributed by atoms with Gasteiger partial charge in [0.05, 0.1) is 15.7 Å². The van der Waals surface area contributed by atoms with Crippen LogP contribution < -0.4 is 5.32 Å². The highest BCUT2D eigenvalue weighted by Gasteiger charge is 2.39. The molecule has 9 heteroatoms. The predicted molar refractivity (Wildman–Crippen MR) is 72.3 cm³/mol. The van der Waals surface area contributed by atoms with Crippen LogP contribution in [0.25, 0.3) is 11.3 Å². The molecule has 0 bridgehead atoms. The molecule has 20 heavy (non-hydrogen) atoms. The van der Waals surface area contributed by atoms with Crippen LogP contribution in [0.1, 0.15) is 0 Å². The number of halogens is 5. The minimum Gasteiger partial charge on any atom is -0.294 e. The molecule has 1 N–H and O–H groups in total. The molecule has 0 unspecified atom stereocenters. The number of carbonyl (C=O) groups is 1. The van der Waals surface area contributed by atoms with Crippen molar-refractivity contribution in [3.05, 3.63) is 33.6 Å². The summed E-state index contributed by atoms with van der Waals surface area (Å²) in [6.45, 7) is 0. The molecule has 0 aliphatic carbocycles. The smallest absolute Gasteiger partial charge is 0.294 e. The van der Waals surface area contributed by atoms with Gasteiger partial charge in [0.25, 0.3) is 0 Å². The molecule has 106 valence electrons. The van der Waals surface area contributed by atoms with Gasteiger partial charge in [0.15, 0.2) is 5.13 Å². The van der Waals surface area contributed by atoms with E-state index >= 15 is 0 Å². The summed E-state index contributed by atoms with van der Waals surface area (Å²) in [5, 5.41) is 3.70. The maximum atomic E-state index is 12.1. The van der Waals surface area contributed by atoms with Crippen molar-refractivity contribution in [2.24, 2.45) is 0 Å². The van der Waals surface area contributed by atoms with Gasteiger partial charge in [-0.05, 0) is 12.1 Å². The highest BCUT2D eigenvalue weighted by molar-refractivity contribution is 7.14. The quantitative estimate of drug-likeness (QED) is 0.866. The van der Waals surface area contributed by atoms with E-state index in [1.807, 2.05) is 0 Å². The number of hydrogen-bond donors (Lipinski definition) is 1. The van der Waals surface area contributed by atoms with Crippen molar-refractivity contribution in [2.75, 3.05) is 5.32 Å². The van der Waals surface area contributed by atoms with Crippen LogP contribution >= 0.6 is 34.5 Å². The summed E-state index contributed by atoms with van der Waals surface area (Å²) < 4.78 is 36.3. The molecule has 0 saturated heterocycles. The summed E-state index contributed by atoms with van der Waals surface area (Å²) in [4.78, 5) is 14.7. The Balaban J connectivity index is 2.21. The summed E-state index contributed by atoms with van der Waals surface area (Å²) in [7, 11) is 0.